The fraction of sp³-hybridized carbons (Fsp3) is 0. The van der Waals surface area contributed by atoms with E-state index in [1.165, 1.54) is 0 Å². The van der Waals surface area contributed by atoms with Crippen molar-refractivity contribution in [2.24, 2.45) is 0 Å². The largest absolute Gasteiger partial charge is 0.158 e. The molecule has 8 heavy (non-hydrogen) atoms. The predicted molar refractivity (Wildman–Crippen MR) is 47.5 cm³/mol. The molecular formula is C4H2I2N2. The minimum Gasteiger partial charge on any atom is -0.158 e. The highest BCUT2D eigenvalue weighted by Crippen LogP contribution is 2.09. The van der Waals surface area contributed by atoms with Crippen molar-refractivity contribution < 1.29 is 0 Å². The van der Waals surface area contributed by atoms with Crippen LogP contribution in [-0.4, -0.2) is 10.2 Å². The fourth-order valence-electron chi connectivity index (χ4n) is 0.291. The summed E-state index contributed by atoms with van der Waals surface area (Å²) >= 11 is 4.43. The van der Waals surface area contributed by atoms with Crippen molar-refractivity contribution in [1.29, 1.82) is 0 Å². The highest BCUT2D eigenvalue weighted by atomic mass is 127. The van der Waals surface area contributed by atoms with Crippen molar-refractivity contribution >= 4 is 45.2 Å². The first-order valence-electron chi connectivity index (χ1n) is 1.92. The third kappa shape index (κ3) is 1.51. The Kier molecular flexibility index (Phi) is 2.42. The van der Waals surface area contributed by atoms with Gasteiger partial charge < -0.3 is 0 Å². The molecule has 1 heterocycles. The topological polar surface area (TPSA) is 25.8 Å². The Balaban J connectivity index is 3.13. The monoisotopic (exact) mass is 332 g/mol. The molecule has 1 rings (SSSR count). The first-order valence-corrected chi connectivity index (χ1v) is 4.08. The first-order chi connectivity index (χ1) is 3.80. The highest BCUT2D eigenvalue weighted by Gasteiger charge is 1.90. The Morgan fingerprint density at radius 1 is 1.00 bits per heavy atom. The minimum atomic E-state index is 1.15. The number of hydrogen-bond acceptors (Lipinski definition) is 2. The summed E-state index contributed by atoms with van der Waals surface area (Å²) in [6.45, 7) is 0. The lowest BCUT2D eigenvalue weighted by atomic mass is 10.6. The van der Waals surface area contributed by atoms with E-state index in [0.717, 1.165) is 7.14 Å². The zero-order valence-corrected chi connectivity index (χ0v) is 8.12. The van der Waals surface area contributed by atoms with Crippen molar-refractivity contribution in [2.75, 3.05) is 0 Å². The van der Waals surface area contributed by atoms with E-state index in [2.05, 4.69) is 55.4 Å². The maximum Gasteiger partial charge on any atom is 0.0640 e. The van der Waals surface area contributed by atoms with Crippen LogP contribution in [-0.2, 0) is 0 Å². The normalized spacial score (nSPS) is 9.25. The van der Waals surface area contributed by atoms with E-state index in [1.807, 2.05) is 0 Å². The van der Waals surface area contributed by atoms with Gasteiger partial charge in [-0.2, -0.15) is 10.2 Å². The molecule has 1 aromatic rings. The molecule has 0 aliphatic carbocycles. The molecule has 0 aromatic carbocycles. The summed E-state index contributed by atoms with van der Waals surface area (Å²) in [6, 6.07) is 0. The zero-order chi connectivity index (χ0) is 5.98. The molecule has 0 aliphatic rings. The molecule has 42 valence electrons. The Bertz CT molecular complexity index is 168. The predicted octanol–water partition coefficient (Wildman–Crippen LogP) is 1.69. The molecule has 0 bridgehead atoms. The molecule has 0 radical (unpaired) electrons. The van der Waals surface area contributed by atoms with Crippen molar-refractivity contribution in [3.05, 3.63) is 19.5 Å². The van der Waals surface area contributed by atoms with Crippen LogP contribution in [0.15, 0.2) is 12.4 Å². The van der Waals surface area contributed by atoms with Crippen LogP contribution in [0.25, 0.3) is 0 Å². The number of halogens is 2. The van der Waals surface area contributed by atoms with Gasteiger partial charge in [0.05, 0.1) is 12.4 Å². The minimum absolute atomic E-state index is 1.15. The summed E-state index contributed by atoms with van der Waals surface area (Å²) < 4.78 is 2.30. The average Bonchev–Trinajstić information content (AvgIpc) is 1.77. The molecule has 0 spiro atoms. The van der Waals surface area contributed by atoms with Gasteiger partial charge in [-0.25, -0.2) is 0 Å². The van der Waals surface area contributed by atoms with E-state index in [4.69, 9.17) is 0 Å². The quantitative estimate of drug-likeness (QED) is 0.676. The van der Waals surface area contributed by atoms with Crippen LogP contribution >= 0.6 is 45.2 Å². The molecular weight excluding hydrogens is 330 g/mol. The summed E-state index contributed by atoms with van der Waals surface area (Å²) in [5.41, 5.74) is 0. The summed E-state index contributed by atoms with van der Waals surface area (Å²) in [6.07, 6.45) is 3.48. The van der Waals surface area contributed by atoms with Crippen molar-refractivity contribution in [3.8, 4) is 0 Å². The molecule has 0 N–H and O–H groups in total. The van der Waals surface area contributed by atoms with Crippen LogP contribution in [0.2, 0.25) is 0 Å². The van der Waals surface area contributed by atoms with Crippen LogP contribution in [0, 0.1) is 7.14 Å². The molecule has 0 atom stereocenters. The molecule has 4 heteroatoms. The van der Waals surface area contributed by atoms with Crippen LogP contribution in [0.4, 0.5) is 0 Å². The first kappa shape index (κ1) is 6.66. The van der Waals surface area contributed by atoms with Gasteiger partial charge in [-0.15, -0.1) is 0 Å². The van der Waals surface area contributed by atoms with Crippen molar-refractivity contribution in [3.63, 3.8) is 0 Å². The third-order valence-electron chi connectivity index (χ3n) is 0.637. The lowest BCUT2D eigenvalue weighted by molar-refractivity contribution is 1.01. The van der Waals surface area contributed by atoms with Gasteiger partial charge >= 0.3 is 0 Å². The molecule has 1 aromatic heterocycles. The van der Waals surface area contributed by atoms with Gasteiger partial charge in [0, 0.05) is 7.14 Å². The average molecular weight is 332 g/mol. The summed E-state index contributed by atoms with van der Waals surface area (Å²) in [7, 11) is 0. The molecule has 0 saturated carbocycles. The molecule has 0 amide bonds. The van der Waals surface area contributed by atoms with Gasteiger partial charge in [-0.1, -0.05) is 0 Å². The molecule has 2 nitrogen and oxygen atoms in total. The van der Waals surface area contributed by atoms with Crippen molar-refractivity contribution in [2.45, 2.75) is 0 Å². The SMILES string of the molecule is Ic1cnncc1I. The second-order valence-electron chi connectivity index (χ2n) is 1.19. The zero-order valence-electron chi connectivity index (χ0n) is 3.81. The van der Waals surface area contributed by atoms with Gasteiger partial charge in [0.1, 0.15) is 0 Å². The highest BCUT2D eigenvalue weighted by molar-refractivity contribution is 14.1. The Hall–Kier alpha value is 0.540. The van der Waals surface area contributed by atoms with Crippen molar-refractivity contribution in [1.82, 2.24) is 10.2 Å². The smallest absolute Gasteiger partial charge is 0.0640 e. The molecule has 0 saturated heterocycles. The number of aromatic nitrogens is 2. The summed E-state index contributed by atoms with van der Waals surface area (Å²) in [4.78, 5) is 0. The van der Waals surface area contributed by atoms with E-state index in [9.17, 15) is 0 Å². The maximum absolute atomic E-state index is 3.68. The molecule has 0 aliphatic heterocycles. The van der Waals surface area contributed by atoms with Gasteiger partial charge in [0.15, 0.2) is 0 Å². The second-order valence-corrected chi connectivity index (χ2v) is 3.51. The maximum atomic E-state index is 3.68. The standard InChI is InChI=1S/C4H2I2N2/c5-3-1-7-8-2-4(3)6/h1-2H. The van der Waals surface area contributed by atoms with E-state index in [0.29, 0.717) is 0 Å². The van der Waals surface area contributed by atoms with Crippen LogP contribution in [0.3, 0.4) is 0 Å². The van der Waals surface area contributed by atoms with E-state index >= 15 is 0 Å². The Morgan fingerprint density at radius 2 is 1.38 bits per heavy atom. The van der Waals surface area contributed by atoms with E-state index in [-0.39, 0.29) is 0 Å². The third-order valence-corrected chi connectivity index (χ3v) is 3.39. The van der Waals surface area contributed by atoms with Crippen LogP contribution in [0.5, 0.6) is 0 Å². The Morgan fingerprint density at radius 3 is 1.62 bits per heavy atom. The summed E-state index contributed by atoms with van der Waals surface area (Å²) in [5.74, 6) is 0. The Labute approximate surface area is 74.4 Å². The lowest BCUT2D eigenvalue weighted by Crippen LogP contribution is -1.83. The molecule has 0 fully saturated rings. The summed E-state index contributed by atoms with van der Waals surface area (Å²) in [5, 5.41) is 7.37. The van der Waals surface area contributed by atoms with E-state index < -0.39 is 0 Å². The fourth-order valence-corrected chi connectivity index (χ4v) is 0.819. The van der Waals surface area contributed by atoms with Crippen LogP contribution < -0.4 is 0 Å². The van der Waals surface area contributed by atoms with Gasteiger partial charge in [-0.3, -0.25) is 0 Å². The van der Waals surface area contributed by atoms with Gasteiger partial charge in [0.2, 0.25) is 0 Å². The lowest BCUT2D eigenvalue weighted by Gasteiger charge is -1.87. The van der Waals surface area contributed by atoms with E-state index in [1.54, 1.807) is 12.4 Å². The number of hydrogen-bond donors (Lipinski definition) is 0. The second kappa shape index (κ2) is 2.90. The molecule has 0 unspecified atom stereocenters. The number of nitrogens with zero attached hydrogens (tertiary/aromatic N) is 2. The van der Waals surface area contributed by atoms with Crippen LogP contribution in [0.1, 0.15) is 0 Å². The van der Waals surface area contributed by atoms with Gasteiger partial charge in [-0.05, 0) is 45.2 Å². The number of rotatable bonds is 0. The van der Waals surface area contributed by atoms with Gasteiger partial charge in [0.25, 0.3) is 0 Å².